The largest absolute Gasteiger partial charge is 0.495 e. The van der Waals surface area contributed by atoms with Gasteiger partial charge >= 0.3 is 0 Å². The first-order valence-corrected chi connectivity index (χ1v) is 13.5. The van der Waals surface area contributed by atoms with Crippen LogP contribution in [0, 0.1) is 35.5 Å². The molecule has 2 aliphatic heterocycles. The fourth-order valence-corrected chi connectivity index (χ4v) is 4.66. The van der Waals surface area contributed by atoms with Gasteiger partial charge in [-0.05, 0) is 56.6 Å². The summed E-state index contributed by atoms with van der Waals surface area (Å²) in [7, 11) is 1.43. The number of ether oxygens (including phenoxy) is 2. The van der Waals surface area contributed by atoms with Gasteiger partial charge in [-0.25, -0.2) is 13.8 Å². The maximum atomic E-state index is 14.0. The van der Waals surface area contributed by atoms with Crippen LogP contribution in [0.5, 0.6) is 0 Å². The molecule has 2 fully saturated rings. The molecular formula is C28H27F2N5O3S. The normalized spacial score (nSPS) is 22.3. The Labute approximate surface area is 229 Å². The fraction of sp³-hybridized carbons (Fsp3) is 0.429. The molecule has 2 N–H and O–H groups in total. The van der Waals surface area contributed by atoms with Crippen molar-refractivity contribution in [2.45, 2.75) is 44.6 Å². The lowest BCUT2D eigenvalue weighted by molar-refractivity contribution is 0.0732. The van der Waals surface area contributed by atoms with E-state index in [0.717, 1.165) is 43.6 Å². The zero-order valence-corrected chi connectivity index (χ0v) is 22.3. The van der Waals surface area contributed by atoms with Crippen LogP contribution in [0.15, 0.2) is 30.3 Å². The quantitative estimate of drug-likeness (QED) is 0.537. The predicted octanol–water partition coefficient (Wildman–Crippen LogP) is 4.22. The molecule has 5 rings (SSSR count). The Kier molecular flexibility index (Phi) is 7.92. The van der Waals surface area contributed by atoms with Crippen LogP contribution in [-0.4, -0.2) is 53.4 Å². The predicted molar refractivity (Wildman–Crippen MR) is 143 cm³/mol. The summed E-state index contributed by atoms with van der Waals surface area (Å²) in [6.45, 7) is 2.65. The molecule has 2 aromatic heterocycles. The summed E-state index contributed by atoms with van der Waals surface area (Å²) in [6.07, 6.45) is 5.46. The number of aromatic nitrogens is 3. The number of anilines is 1. The van der Waals surface area contributed by atoms with Crippen molar-refractivity contribution in [3.63, 3.8) is 0 Å². The molecule has 39 heavy (non-hydrogen) atoms. The van der Waals surface area contributed by atoms with E-state index in [1.807, 2.05) is 0 Å². The van der Waals surface area contributed by atoms with E-state index in [4.69, 9.17) is 9.47 Å². The highest BCUT2D eigenvalue weighted by molar-refractivity contribution is 7.15. The van der Waals surface area contributed by atoms with Crippen molar-refractivity contribution in [2.24, 2.45) is 11.8 Å². The number of pyridine rings is 1. The number of dihydropyridines is 1. The van der Waals surface area contributed by atoms with Crippen LogP contribution >= 0.6 is 11.3 Å². The first kappa shape index (κ1) is 26.8. The topological polar surface area (TPSA) is 98.3 Å². The number of nitrogens with zero attached hydrogens (tertiary/aromatic N) is 3. The van der Waals surface area contributed by atoms with Gasteiger partial charge in [0.2, 0.25) is 5.13 Å². The van der Waals surface area contributed by atoms with Crippen molar-refractivity contribution in [1.82, 2.24) is 20.5 Å². The van der Waals surface area contributed by atoms with Gasteiger partial charge in [-0.2, -0.15) is 0 Å². The van der Waals surface area contributed by atoms with E-state index < -0.39 is 17.9 Å². The molecule has 0 spiro atoms. The van der Waals surface area contributed by atoms with Crippen LogP contribution in [-0.2, 0) is 9.47 Å². The Balaban J connectivity index is 1.50. The average Bonchev–Trinajstić information content (AvgIpc) is 3.68. The average molecular weight is 552 g/mol. The van der Waals surface area contributed by atoms with Crippen molar-refractivity contribution in [3.8, 4) is 23.7 Å². The van der Waals surface area contributed by atoms with Crippen LogP contribution in [0.25, 0.3) is 5.57 Å². The summed E-state index contributed by atoms with van der Waals surface area (Å²) >= 11 is 1.16. The third-order valence-electron chi connectivity index (χ3n) is 6.51. The minimum Gasteiger partial charge on any atom is -0.495 e. The van der Waals surface area contributed by atoms with Crippen molar-refractivity contribution in [1.29, 1.82) is 0 Å². The minimum atomic E-state index is -2.72. The number of amides is 1. The van der Waals surface area contributed by atoms with Gasteiger partial charge in [0.1, 0.15) is 17.0 Å². The van der Waals surface area contributed by atoms with Gasteiger partial charge in [-0.1, -0.05) is 23.2 Å². The molecule has 4 heterocycles. The molecule has 8 nitrogen and oxygen atoms in total. The Morgan fingerprint density at radius 3 is 2.79 bits per heavy atom. The maximum absolute atomic E-state index is 14.0. The van der Waals surface area contributed by atoms with Crippen LogP contribution in [0.3, 0.4) is 0 Å². The number of alkyl halides is 2. The summed E-state index contributed by atoms with van der Waals surface area (Å²) in [5.74, 6) is 12.6. The number of hydrogen-bond acceptors (Lipinski definition) is 8. The summed E-state index contributed by atoms with van der Waals surface area (Å²) in [5.41, 5.74) is -0.451. The molecule has 1 amide bonds. The standard InChI is InChI=1S/C28H27F2N5O3S/c1-28(26(29)30)13-21(23(37-2)15-32-28)20-12-19(9-7-18-4-3-11-38-16-18)31-14-22(20)25(36)33-27-35-34-24(39-27)10-8-17-5-6-17/h12-15,17-18,26,32H,3-6,11,16H2,1-2H3,(H,33,35,36). The summed E-state index contributed by atoms with van der Waals surface area (Å²) in [6, 6.07) is 1.62. The highest BCUT2D eigenvalue weighted by Crippen LogP contribution is 2.35. The second-order valence-electron chi connectivity index (χ2n) is 9.71. The molecular weight excluding hydrogens is 524 g/mol. The third-order valence-corrected chi connectivity index (χ3v) is 7.26. The van der Waals surface area contributed by atoms with Crippen LogP contribution in [0.4, 0.5) is 13.9 Å². The summed E-state index contributed by atoms with van der Waals surface area (Å²) in [4.78, 5) is 17.8. The molecule has 1 saturated heterocycles. The van der Waals surface area contributed by atoms with E-state index in [0.29, 0.717) is 40.1 Å². The molecule has 0 aromatic carbocycles. The Morgan fingerprint density at radius 1 is 1.26 bits per heavy atom. The second kappa shape index (κ2) is 11.5. The van der Waals surface area contributed by atoms with Gasteiger partial charge in [0, 0.05) is 42.0 Å². The molecule has 1 aliphatic carbocycles. The first-order chi connectivity index (χ1) is 18.8. The molecule has 3 aliphatic rings. The Bertz CT molecular complexity index is 1440. The van der Waals surface area contributed by atoms with E-state index in [9.17, 15) is 13.6 Å². The zero-order chi connectivity index (χ0) is 27.4. The molecule has 2 unspecified atom stereocenters. The van der Waals surface area contributed by atoms with Crippen LogP contribution in [0.2, 0.25) is 0 Å². The lowest BCUT2D eigenvalue weighted by atomic mass is 9.89. The third kappa shape index (κ3) is 6.44. The minimum absolute atomic E-state index is 0.0799. The lowest BCUT2D eigenvalue weighted by Crippen LogP contribution is -2.46. The van der Waals surface area contributed by atoms with E-state index in [1.54, 1.807) is 6.07 Å². The number of hydrogen-bond donors (Lipinski definition) is 2. The van der Waals surface area contributed by atoms with Crippen LogP contribution in [0.1, 0.15) is 59.2 Å². The van der Waals surface area contributed by atoms with Crippen LogP contribution < -0.4 is 10.6 Å². The first-order valence-electron chi connectivity index (χ1n) is 12.6. The second-order valence-corrected chi connectivity index (χ2v) is 10.7. The zero-order valence-electron chi connectivity index (χ0n) is 21.5. The number of methoxy groups -OCH3 is 1. The number of nitrogens with one attached hydrogen (secondary N) is 2. The fourth-order valence-electron chi connectivity index (χ4n) is 4.06. The Morgan fingerprint density at radius 2 is 2.08 bits per heavy atom. The van der Waals surface area contributed by atoms with Gasteiger partial charge < -0.3 is 14.8 Å². The monoisotopic (exact) mass is 551 g/mol. The van der Waals surface area contributed by atoms with Gasteiger partial charge in [-0.15, -0.1) is 10.2 Å². The van der Waals surface area contributed by atoms with Gasteiger partial charge in [0.15, 0.2) is 5.01 Å². The number of halogens is 2. The van der Waals surface area contributed by atoms with Gasteiger partial charge in [0.25, 0.3) is 12.3 Å². The molecule has 2 atom stereocenters. The number of rotatable bonds is 5. The van der Waals surface area contributed by atoms with Crippen molar-refractivity contribution in [2.75, 3.05) is 25.6 Å². The van der Waals surface area contributed by atoms with E-state index in [1.165, 1.54) is 32.5 Å². The SMILES string of the molecule is COC1=CNC(C)(C(F)F)C=C1c1cc(C#CC2CCCOC2)ncc1C(=O)Nc1nnc(C#CC2CC2)s1. The maximum Gasteiger partial charge on any atom is 0.264 e. The molecule has 0 bridgehead atoms. The van der Waals surface area contributed by atoms with E-state index >= 15 is 0 Å². The van der Waals surface area contributed by atoms with E-state index in [2.05, 4.69) is 49.5 Å². The number of carbonyl (C=O) groups is 1. The van der Waals surface area contributed by atoms with Crippen molar-refractivity contribution < 1.29 is 23.0 Å². The Hall–Kier alpha value is -3.80. The van der Waals surface area contributed by atoms with Gasteiger partial charge in [0.05, 0.1) is 19.3 Å². The lowest BCUT2D eigenvalue weighted by Gasteiger charge is -2.32. The smallest absolute Gasteiger partial charge is 0.264 e. The van der Waals surface area contributed by atoms with Crippen molar-refractivity contribution >= 4 is 27.9 Å². The van der Waals surface area contributed by atoms with Gasteiger partial charge in [-0.3, -0.25) is 10.1 Å². The van der Waals surface area contributed by atoms with E-state index in [-0.39, 0.29) is 16.6 Å². The molecule has 2 aromatic rings. The molecule has 1 saturated carbocycles. The van der Waals surface area contributed by atoms with Crippen molar-refractivity contribution in [3.05, 3.63) is 52.1 Å². The molecule has 11 heteroatoms. The highest BCUT2D eigenvalue weighted by Gasteiger charge is 2.37. The number of allylic oxidation sites excluding steroid dienone is 1. The summed E-state index contributed by atoms with van der Waals surface area (Å²) in [5, 5.41) is 14.2. The molecule has 0 radical (unpaired) electrons. The molecule has 202 valence electrons. The highest BCUT2D eigenvalue weighted by atomic mass is 32.1. The summed E-state index contributed by atoms with van der Waals surface area (Å²) < 4.78 is 38.9. The number of carbonyl (C=O) groups excluding carboxylic acids is 1.